The number of carbonyl (C=O) groups is 2. The normalized spacial score (nSPS) is 11.5. The average molecular weight is 359 g/mol. The van der Waals surface area contributed by atoms with Gasteiger partial charge in [0.1, 0.15) is 11.6 Å². The highest BCUT2D eigenvalue weighted by molar-refractivity contribution is 5.97. The van der Waals surface area contributed by atoms with Gasteiger partial charge in [-0.2, -0.15) is 0 Å². The minimum atomic E-state index is -0.993. The largest absolute Gasteiger partial charge is 0.494 e. The molecule has 1 atom stereocenters. The van der Waals surface area contributed by atoms with Crippen LogP contribution in [0.25, 0.3) is 0 Å². The predicted octanol–water partition coefficient (Wildman–Crippen LogP) is 4.19. The summed E-state index contributed by atoms with van der Waals surface area (Å²) in [7, 11) is 0. The van der Waals surface area contributed by atoms with Crippen LogP contribution < -0.4 is 10.1 Å². The molecule has 2 rings (SSSR count). The van der Waals surface area contributed by atoms with Gasteiger partial charge in [-0.05, 0) is 61.9 Å². The average Bonchev–Trinajstić information content (AvgIpc) is 2.64. The Morgan fingerprint density at radius 1 is 1.08 bits per heavy atom. The van der Waals surface area contributed by atoms with Crippen molar-refractivity contribution in [2.75, 3.05) is 11.9 Å². The minimum Gasteiger partial charge on any atom is -0.494 e. The third-order valence-electron chi connectivity index (χ3n) is 3.62. The number of nitrogens with one attached hydrogen (secondary N) is 1. The first-order valence-corrected chi connectivity index (χ1v) is 8.50. The van der Waals surface area contributed by atoms with Crippen molar-refractivity contribution in [2.24, 2.45) is 0 Å². The van der Waals surface area contributed by atoms with Crippen molar-refractivity contribution in [2.45, 2.75) is 32.8 Å². The molecule has 0 bridgehead atoms. The molecular weight excluding hydrogens is 337 g/mol. The Balaban J connectivity index is 1.87. The van der Waals surface area contributed by atoms with E-state index in [4.69, 9.17) is 9.47 Å². The van der Waals surface area contributed by atoms with E-state index in [1.54, 1.807) is 24.3 Å². The summed E-state index contributed by atoms with van der Waals surface area (Å²) in [5.41, 5.74) is 0.752. The second-order valence-electron chi connectivity index (χ2n) is 5.77. The van der Waals surface area contributed by atoms with Gasteiger partial charge in [-0.15, -0.1) is 0 Å². The number of hydrogen-bond donors (Lipinski definition) is 1. The van der Waals surface area contributed by atoms with Crippen molar-refractivity contribution in [3.8, 4) is 5.75 Å². The van der Waals surface area contributed by atoms with Crippen LogP contribution in [-0.4, -0.2) is 24.6 Å². The van der Waals surface area contributed by atoms with Gasteiger partial charge < -0.3 is 14.8 Å². The van der Waals surface area contributed by atoms with E-state index in [0.29, 0.717) is 23.6 Å². The molecule has 0 aliphatic carbocycles. The number of anilines is 1. The van der Waals surface area contributed by atoms with E-state index in [1.165, 1.54) is 31.2 Å². The fourth-order valence-electron chi connectivity index (χ4n) is 2.08. The van der Waals surface area contributed by atoms with Gasteiger partial charge >= 0.3 is 5.97 Å². The first kappa shape index (κ1) is 19.4. The molecule has 2 aromatic rings. The Kier molecular flexibility index (Phi) is 7.14. The highest BCUT2D eigenvalue weighted by atomic mass is 19.1. The van der Waals surface area contributed by atoms with E-state index in [2.05, 4.69) is 12.2 Å². The van der Waals surface area contributed by atoms with Gasteiger partial charge in [-0.3, -0.25) is 4.79 Å². The molecule has 2 aromatic carbocycles. The second-order valence-corrected chi connectivity index (χ2v) is 5.77. The molecule has 0 unspecified atom stereocenters. The van der Waals surface area contributed by atoms with Crippen molar-refractivity contribution < 1.29 is 23.5 Å². The molecular formula is C20H22FNO4. The monoisotopic (exact) mass is 359 g/mol. The maximum atomic E-state index is 12.9. The summed E-state index contributed by atoms with van der Waals surface area (Å²) in [4.78, 5) is 24.2. The van der Waals surface area contributed by atoms with Gasteiger partial charge in [-0.1, -0.05) is 13.3 Å². The summed E-state index contributed by atoms with van der Waals surface area (Å²) >= 11 is 0. The summed E-state index contributed by atoms with van der Waals surface area (Å²) in [6, 6.07) is 11.9. The summed E-state index contributed by atoms with van der Waals surface area (Å²) < 4.78 is 23.6. The lowest BCUT2D eigenvalue weighted by Crippen LogP contribution is -2.30. The van der Waals surface area contributed by atoms with E-state index < -0.39 is 23.8 Å². The van der Waals surface area contributed by atoms with E-state index in [0.717, 1.165) is 12.8 Å². The molecule has 0 spiro atoms. The maximum absolute atomic E-state index is 12.9. The van der Waals surface area contributed by atoms with E-state index in [1.807, 2.05) is 0 Å². The Bertz CT molecular complexity index is 728. The van der Waals surface area contributed by atoms with Gasteiger partial charge in [0.25, 0.3) is 5.91 Å². The van der Waals surface area contributed by atoms with Gasteiger partial charge in [-0.25, -0.2) is 9.18 Å². The van der Waals surface area contributed by atoms with Crippen LogP contribution in [0.3, 0.4) is 0 Å². The summed E-state index contributed by atoms with van der Waals surface area (Å²) in [5.74, 6) is -0.821. The number of esters is 1. The smallest absolute Gasteiger partial charge is 0.338 e. The van der Waals surface area contributed by atoms with Crippen molar-refractivity contribution in [3.63, 3.8) is 0 Å². The molecule has 0 aliphatic heterocycles. The quantitative estimate of drug-likeness (QED) is 0.567. The zero-order valence-electron chi connectivity index (χ0n) is 14.8. The van der Waals surface area contributed by atoms with Gasteiger partial charge in [0.05, 0.1) is 12.2 Å². The predicted molar refractivity (Wildman–Crippen MR) is 96.8 cm³/mol. The molecule has 0 radical (unpaired) electrons. The topological polar surface area (TPSA) is 64.6 Å². The molecule has 138 valence electrons. The lowest BCUT2D eigenvalue weighted by atomic mass is 10.2. The molecule has 0 aliphatic rings. The van der Waals surface area contributed by atoms with Gasteiger partial charge in [0.15, 0.2) is 6.10 Å². The fourth-order valence-corrected chi connectivity index (χ4v) is 2.08. The molecule has 0 aromatic heterocycles. The lowest BCUT2D eigenvalue weighted by molar-refractivity contribution is -0.123. The van der Waals surface area contributed by atoms with Crippen LogP contribution in [0.15, 0.2) is 48.5 Å². The summed E-state index contributed by atoms with van der Waals surface area (Å²) in [5, 5.41) is 2.56. The molecule has 1 N–H and O–H groups in total. The molecule has 0 saturated heterocycles. The Hall–Kier alpha value is -2.89. The zero-order chi connectivity index (χ0) is 18.9. The third kappa shape index (κ3) is 5.88. The first-order valence-electron chi connectivity index (χ1n) is 8.50. The van der Waals surface area contributed by atoms with Crippen LogP contribution >= 0.6 is 0 Å². The second kappa shape index (κ2) is 9.56. The zero-order valence-corrected chi connectivity index (χ0v) is 14.8. The Morgan fingerprint density at radius 3 is 2.35 bits per heavy atom. The lowest BCUT2D eigenvalue weighted by Gasteiger charge is -2.14. The number of amides is 1. The van der Waals surface area contributed by atoms with E-state index in [-0.39, 0.29) is 0 Å². The van der Waals surface area contributed by atoms with Crippen LogP contribution in [0, 0.1) is 5.82 Å². The van der Waals surface area contributed by atoms with Crippen LogP contribution in [0.5, 0.6) is 5.75 Å². The highest BCUT2D eigenvalue weighted by Gasteiger charge is 2.19. The summed E-state index contributed by atoms with van der Waals surface area (Å²) in [6.07, 6.45) is 1.01. The Labute approximate surface area is 152 Å². The molecule has 0 fully saturated rings. The fraction of sp³-hybridized carbons (Fsp3) is 0.300. The van der Waals surface area contributed by atoms with Crippen LogP contribution in [0.1, 0.15) is 37.0 Å². The van der Waals surface area contributed by atoms with Crippen LogP contribution in [0.4, 0.5) is 10.1 Å². The van der Waals surface area contributed by atoms with Gasteiger partial charge in [0, 0.05) is 5.69 Å². The standard InChI is InChI=1S/C20H22FNO4/c1-3-4-13-25-18-11-5-15(6-12-18)20(24)26-14(2)19(23)22-17-9-7-16(21)8-10-17/h5-12,14H,3-4,13H2,1-2H3,(H,22,23)/t14-/m1/s1. The SMILES string of the molecule is CCCCOc1ccc(C(=O)O[C@H](C)C(=O)Nc2ccc(F)cc2)cc1. The minimum absolute atomic E-state index is 0.328. The molecule has 1 amide bonds. The molecule has 5 nitrogen and oxygen atoms in total. The van der Waals surface area contributed by atoms with Crippen LogP contribution in [-0.2, 0) is 9.53 Å². The maximum Gasteiger partial charge on any atom is 0.338 e. The number of ether oxygens (including phenoxy) is 2. The Morgan fingerprint density at radius 2 is 1.73 bits per heavy atom. The number of hydrogen-bond acceptors (Lipinski definition) is 4. The van der Waals surface area contributed by atoms with E-state index >= 15 is 0 Å². The number of halogens is 1. The number of unbranched alkanes of at least 4 members (excludes halogenated alkanes) is 1. The molecule has 0 saturated carbocycles. The molecule has 26 heavy (non-hydrogen) atoms. The van der Waals surface area contributed by atoms with Crippen molar-refractivity contribution in [1.29, 1.82) is 0 Å². The first-order chi connectivity index (χ1) is 12.5. The third-order valence-corrected chi connectivity index (χ3v) is 3.62. The summed E-state index contributed by atoms with van der Waals surface area (Å²) in [6.45, 7) is 4.18. The van der Waals surface area contributed by atoms with Crippen molar-refractivity contribution in [3.05, 3.63) is 59.9 Å². The number of rotatable bonds is 8. The van der Waals surface area contributed by atoms with Gasteiger partial charge in [0.2, 0.25) is 0 Å². The van der Waals surface area contributed by atoms with Crippen molar-refractivity contribution >= 4 is 17.6 Å². The number of carbonyl (C=O) groups excluding carboxylic acids is 2. The number of benzene rings is 2. The van der Waals surface area contributed by atoms with E-state index in [9.17, 15) is 14.0 Å². The molecule has 6 heteroatoms. The van der Waals surface area contributed by atoms with Crippen LogP contribution in [0.2, 0.25) is 0 Å². The molecule has 0 heterocycles. The van der Waals surface area contributed by atoms with Crippen molar-refractivity contribution in [1.82, 2.24) is 0 Å². The highest BCUT2D eigenvalue weighted by Crippen LogP contribution is 2.15.